The van der Waals surface area contributed by atoms with Crippen LogP contribution in [-0.2, 0) is 4.79 Å². The number of nitrogens with one attached hydrogen (secondary N) is 3. The SMILES string of the molecule is CCOc1ccc(C2NC(=O)NC(C)=C2C(=O)Nc2cc(OC)ccc2OC)cc1. The van der Waals surface area contributed by atoms with E-state index in [2.05, 4.69) is 16.0 Å². The maximum atomic E-state index is 13.2. The highest BCUT2D eigenvalue weighted by molar-refractivity contribution is 6.07. The first kappa shape index (κ1) is 21.0. The van der Waals surface area contributed by atoms with Gasteiger partial charge in [0.1, 0.15) is 17.2 Å². The number of ether oxygens (including phenoxy) is 3. The molecule has 0 aromatic heterocycles. The minimum Gasteiger partial charge on any atom is -0.497 e. The Morgan fingerprint density at radius 2 is 1.77 bits per heavy atom. The van der Waals surface area contributed by atoms with Gasteiger partial charge in [-0.15, -0.1) is 0 Å². The van der Waals surface area contributed by atoms with Crippen molar-refractivity contribution >= 4 is 17.6 Å². The smallest absolute Gasteiger partial charge is 0.319 e. The fourth-order valence-electron chi connectivity index (χ4n) is 3.27. The number of carbonyl (C=O) groups is 2. The third-order valence-electron chi connectivity index (χ3n) is 4.69. The number of urea groups is 1. The van der Waals surface area contributed by atoms with Crippen LogP contribution in [0.25, 0.3) is 0 Å². The Morgan fingerprint density at radius 3 is 2.40 bits per heavy atom. The second-order valence-electron chi connectivity index (χ2n) is 6.59. The van der Waals surface area contributed by atoms with E-state index >= 15 is 0 Å². The van der Waals surface area contributed by atoms with Gasteiger partial charge in [0.05, 0.1) is 38.1 Å². The normalized spacial score (nSPS) is 15.7. The molecule has 3 amide bonds. The van der Waals surface area contributed by atoms with E-state index in [4.69, 9.17) is 14.2 Å². The summed E-state index contributed by atoms with van der Waals surface area (Å²) >= 11 is 0. The third-order valence-corrected chi connectivity index (χ3v) is 4.69. The largest absolute Gasteiger partial charge is 0.497 e. The van der Waals surface area contributed by atoms with E-state index in [0.717, 1.165) is 5.56 Å². The topological polar surface area (TPSA) is 97.9 Å². The van der Waals surface area contributed by atoms with Crippen LogP contribution in [0.4, 0.5) is 10.5 Å². The second kappa shape index (κ2) is 9.21. The molecular weight excluding hydrogens is 386 g/mol. The molecule has 0 bridgehead atoms. The van der Waals surface area contributed by atoms with Gasteiger partial charge in [-0.25, -0.2) is 4.79 Å². The van der Waals surface area contributed by atoms with Gasteiger partial charge in [0.25, 0.3) is 5.91 Å². The highest BCUT2D eigenvalue weighted by atomic mass is 16.5. The summed E-state index contributed by atoms with van der Waals surface area (Å²) in [7, 11) is 3.07. The van der Waals surface area contributed by atoms with Crippen molar-refractivity contribution in [2.24, 2.45) is 0 Å². The molecule has 0 radical (unpaired) electrons. The lowest BCUT2D eigenvalue weighted by Gasteiger charge is -2.29. The summed E-state index contributed by atoms with van der Waals surface area (Å²) < 4.78 is 16.1. The molecule has 2 aromatic rings. The van der Waals surface area contributed by atoms with Crippen LogP contribution in [-0.4, -0.2) is 32.8 Å². The highest BCUT2D eigenvalue weighted by Gasteiger charge is 2.31. The van der Waals surface area contributed by atoms with Crippen molar-refractivity contribution in [2.45, 2.75) is 19.9 Å². The number of allylic oxidation sites excluding steroid dienone is 1. The first-order valence-electron chi connectivity index (χ1n) is 9.51. The predicted octanol–water partition coefficient (Wildman–Crippen LogP) is 3.37. The highest BCUT2D eigenvalue weighted by Crippen LogP contribution is 2.32. The van der Waals surface area contributed by atoms with Gasteiger partial charge in [0.15, 0.2) is 0 Å². The molecule has 30 heavy (non-hydrogen) atoms. The van der Waals surface area contributed by atoms with Gasteiger partial charge in [-0.05, 0) is 43.7 Å². The van der Waals surface area contributed by atoms with Crippen molar-refractivity contribution < 1.29 is 23.8 Å². The van der Waals surface area contributed by atoms with Crippen LogP contribution in [0.1, 0.15) is 25.5 Å². The molecule has 8 heteroatoms. The Labute approximate surface area is 175 Å². The van der Waals surface area contributed by atoms with Crippen LogP contribution in [0.3, 0.4) is 0 Å². The van der Waals surface area contributed by atoms with E-state index in [1.165, 1.54) is 7.11 Å². The summed E-state index contributed by atoms with van der Waals surface area (Å²) in [6, 6.07) is 11.4. The number of rotatable bonds is 7. The van der Waals surface area contributed by atoms with Gasteiger partial charge >= 0.3 is 6.03 Å². The quantitative estimate of drug-likeness (QED) is 0.649. The first-order valence-corrected chi connectivity index (χ1v) is 9.51. The number of amides is 3. The van der Waals surface area contributed by atoms with Crippen LogP contribution >= 0.6 is 0 Å². The zero-order valence-electron chi connectivity index (χ0n) is 17.4. The lowest BCUT2D eigenvalue weighted by molar-refractivity contribution is -0.113. The molecule has 158 valence electrons. The molecule has 0 spiro atoms. The molecule has 1 unspecified atom stereocenters. The summed E-state index contributed by atoms with van der Waals surface area (Å²) in [5.74, 6) is 1.42. The zero-order valence-corrected chi connectivity index (χ0v) is 17.4. The molecule has 1 aliphatic heterocycles. The number of hydrogen-bond donors (Lipinski definition) is 3. The summed E-state index contributed by atoms with van der Waals surface area (Å²) in [6.45, 7) is 4.15. The standard InChI is InChI=1S/C22H25N3O5/c1-5-30-15-8-6-14(7-9-15)20-19(13(2)23-22(27)25-20)21(26)24-17-12-16(28-3)10-11-18(17)29-4/h6-12,20H,5H2,1-4H3,(H,24,26)(H2,23,25,27). The summed E-state index contributed by atoms with van der Waals surface area (Å²) in [5.41, 5.74) is 2.08. The van der Waals surface area contributed by atoms with E-state index in [0.29, 0.717) is 40.8 Å². The van der Waals surface area contributed by atoms with Crippen molar-refractivity contribution in [1.29, 1.82) is 0 Å². The number of methoxy groups -OCH3 is 2. The van der Waals surface area contributed by atoms with Crippen LogP contribution in [0.5, 0.6) is 17.2 Å². The molecule has 1 atom stereocenters. The minimum atomic E-state index is -0.619. The van der Waals surface area contributed by atoms with E-state index in [-0.39, 0.29) is 11.9 Å². The number of hydrogen-bond acceptors (Lipinski definition) is 5. The first-order chi connectivity index (χ1) is 14.5. The maximum Gasteiger partial charge on any atom is 0.319 e. The van der Waals surface area contributed by atoms with E-state index < -0.39 is 6.04 Å². The lowest BCUT2D eigenvalue weighted by Crippen LogP contribution is -2.45. The third kappa shape index (κ3) is 4.48. The van der Waals surface area contributed by atoms with Gasteiger partial charge < -0.3 is 30.2 Å². The van der Waals surface area contributed by atoms with Gasteiger partial charge in [-0.3, -0.25) is 4.79 Å². The van der Waals surface area contributed by atoms with Crippen molar-refractivity contribution in [1.82, 2.24) is 10.6 Å². The Hall–Kier alpha value is -3.68. The second-order valence-corrected chi connectivity index (χ2v) is 6.59. The van der Waals surface area contributed by atoms with Crippen LogP contribution in [0.2, 0.25) is 0 Å². The van der Waals surface area contributed by atoms with Crippen molar-refractivity contribution in [3.8, 4) is 17.2 Å². The summed E-state index contributed by atoms with van der Waals surface area (Å²) in [5, 5.41) is 8.35. The fourth-order valence-corrected chi connectivity index (χ4v) is 3.27. The lowest BCUT2D eigenvalue weighted by atomic mass is 9.94. The average molecular weight is 411 g/mol. The fraction of sp³-hybridized carbons (Fsp3) is 0.273. The van der Waals surface area contributed by atoms with E-state index in [1.54, 1.807) is 32.2 Å². The molecular formula is C22H25N3O5. The monoisotopic (exact) mass is 411 g/mol. The Kier molecular flexibility index (Phi) is 6.46. The number of carbonyl (C=O) groups excluding carboxylic acids is 2. The number of anilines is 1. The van der Waals surface area contributed by atoms with Crippen LogP contribution in [0, 0.1) is 0 Å². The van der Waals surface area contributed by atoms with Crippen LogP contribution in [0.15, 0.2) is 53.7 Å². The molecule has 3 rings (SSSR count). The molecule has 0 saturated carbocycles. The molecule has 3 N–H and O–H groups in total. The molecule has 0 fully saturated rings. The van der Waals surface area contributed by atoms with Crippen LogP contribution < -0.4 is 30.2 Å². The van der Waals surface area contributed by atoms with Crippen molar-refractivity contribution in [3.05, 3.63) is 59.3 Å². The zero-order chi connectivity index (χ0) is 21.7. The molecule has 1 aliphatic rings. The summed E-state index contributed by atoms with van der Waals surface area (Å²) in [4.78, 5) is 25.3. The van der Waals surface area contributed by atoms with Crippen molar-refractivity contribution in [3.63, 3.8) is 0 Å². The molecule has 2 aromatic carbocycles. The van der Waals surface area contributed by atoms with E-state index in [9.17, 15) is 9.59 Å². The Morgan fingerprint density at radius 1 is 1.07 bits per heavy atom. The maximum absolute atomic E-state index is 13.2. The number of benzene rings is 2. The molecule has 8 nitrogen and oxygen atoms in total. The van der Waals surface area contributed by atoms with Gasteiger partial charge in [0.2, 0.25) is 0 Å². The van der Waals surface area contributed by atoms with Gasteiger partial charge in [-0.2, -0.15) is 0 Å². The average Bonchev–Trinajstić information content (AvgIpc) is 2.73. The van der Waals surface area contributed by atoms with E-state index in [1.807, 2.05) is 31.2 Å². The van der Waals surface area contributed by atoms with Gasteiger partial charge in [-0.1, -0.05) is 12.1 Å². The Bertz CT molecular complexity index is 969. The summed E-state index contributed by atoms with van der Waals surface area (Å²) in [6.07, 6.45) is 0. The van der Waals surface area contributed by atoms with Gasteiger partial charge in [0, 0.05) is 11.8 Å². The Balaban J connectivity index is 1.93. The predicted molar refractivity (Wildman–Crippen MR) is 113 cm³/mol. The van der Waals surface area contributed by atoms with Crippen molar-refractivity contribution in [2.75, 3.05) is 26.1 Å². The molecule has 0 aliphatic carbocycles. The molecule has 1 heterocycles. The minimum absolute atomic E-state index is 0.370. The molecule has 0 saturated heterocycles.